The molecular formula is C13H21N3O3S. The van der Waals surface area contributed by atoms with Crippen molar-refractivity contribution >= 4 is 23.6 Å². The lowest BCUT2D eigenvalue weighted by Crippen LogP contribution is -2.41. The van der Waals surface area contributed by atoms with Crippen LogP contribution in [0.15, 0.2) is 6.07 Å². The molecule has 0 aliphatic carbocycles. The van der Waals surface area contributed by atoms with Gasteiger partial charge in [0.1, 0.15) is 6.04 Å². The highest BCUT2D eigenvalue weighted by Gasteiger charge is 2.19. The number of hydrogen-bond acceptors (Lipinski definition) is 4. The molecule has 6 nitrogen and oxygen atoms in total. The van der Waals surface area contributed by atoms with Crippen LogP contribution in [0.25, 0.3) is 0 Å². The second kappa shape index (κ2) is 7.94. The Hall–Kier alpha value is -1.50. The molecule has 0 bridgehead atoms. The Morgan fingerprint density at radius 3 is 2.70 bits per heavy atom. The van der Waals surface area contributed by atoms with Gasteiger partial charge in [-0.15, -0.1) is 0 Å². The summed E-state index contributed by atoms with van der Waals surface area (Å²) in [6, 6.07) is 1.13. The average Bonchev–Trinajstić information content (AvgIpc) is 2.70. The van der Waals surface area contributed by atoms with E-state index in [1.807, 2.05) is 26.2 Å². The van der Waals surface area contributed by atoms with E-state index in [1.54, 1.807) is 16.4 Å². The van der Waals surface area contributed by atoms with Crippen LogP contribution in [0, 0.1) is 13.8 Å². The van der Waals surface area contributed by atoms with Crippen LogP contribution in [-0.2, 0) is 16.1 Å². The number of aromatic nitrogens is 2. The SMILES string of the molecule is CSCCC(NC(=O)CCn1nc(C)cc1C)C(=O)O. The standard InChI is InChI=1S/C13H21N3O3S/c1-9-8-10(2)16(15-9)6-4-12(17)14-11(13(18)19)5-7-20-3/h8,11H,4-7H2,1-3H3,(H,14,17)(H,18,19). The Balaban J connectivity index is 2.45. The van der Waals surface area contributed by atoms with Crippen LogP contribution in [-0.4, -0.2) is 44.8 Å². The van der Waals surface area contributed by atoms with Crippen molar-refractivity contribution in [3.8, 4) is 0 Å². The van der Waals surface area contributed by atoms with Crippen LogP contribution in [0.3, 0.4) is 0 Å². The van der Waals surface area contributed by atoms with Gasteiger partial charge in [0, 0.05) is 18.7 Å². The number of amides is 1. The third kappa shape index (κ3) is 5.24. The Morgan fingerprint density at radius 2 is 2.20 bits per heavy atom. The van der Waals surface area contributed by atoms with Gasteiger partial charge in [-0.05, 0) is 38.3 Å². The lowest BCUT2D eigenvalue weighted by atomic mass is 10.2. The smallest absolute Gasteiger partial charge is 0.326 e. The largest absolute Gasteiger partial charge is 0.480 e. The lowest BCUT2D eigenvalue weighted by molar-refractivity contribution is -0.141. The minimum Gasteiger partial charge on any atom is -0.480 e. The molecule has 1 amide bonds. The van der Waals surface area contributed by atoms with E-state index in [1.165, 1.54) is 0 Å². The minimum absolute atomic E-state index is 0.227. The number of nitrogens with one attached hydrogen (secondary N) is 1. The predicted octanol–water partition coefficient (Wildman–Crippen LogP) is 1.21. The highest BCUT2D eigenvalue weighted by Crippen LogP contribution is 2.04. The van der Waals surface area contributed by atoms with E-state index in [0.29, 0.717) is 18.7 Å². The quantitative estimate of drug-likeness (QED) is 0.754. The molecule has 0 saturated heterocycles. The van der Waals surface area contributed by atoms with Crippen LogP contribution >= 0.6 is 11.8 Å². The highest BCUT2D eigenvalue weighted by atomic mass is 32.2. The fraction of sp³-hybridized carbons (Fsp3) is 0.615. The Morgan fingerprint density at radius 1 is 1.50 bits per heavy atom. The maximum Gasteiger partial charge on any atom is 0.326 e. The zero-order chi connectivity index (χ0) is 15.1. The Bertz CT molecular complexity index is 473. The number of hydrogen-bond donors (Lipinski definition) is 2. The van der Waals surface area contributed by atoms with Crippen LogP contribution in [0.4, 0.5) is 0 Å². The first-order chi connectivity index (χ1) is 9.43. The molecule has 1 aromatic heterocycles. The topological polar surface area (TPSA) is 84.2 Å². The van der Waals surface area contributed by atoms with E-state index in [-0.39, 0.29) is 12.3 Å². The highest BCUT2D eigenvalue weighted by molar-refractivity contribution is 7.98. The van der Waals surface area contributed by atoms with Crippen LogP contribution in [0.1, 0.15) is 24.2 Å². The number of aliphatic carboxylic acids is 1. The molecule has 0 fully saturated rings. The van der Waals surface area contributed by atoms with Gasteiger partial charge < -0.3 is 10.4 Å². The lowest BCUT2D eigenvalue weighted by Gasteiger charge is -2.14. The van der Waals surface area contributed by atoms with E-state index < -0.39 is 12.0 Å². The second-order valence-corrected chi connectivity index (χ2v) is 5.63. The van der Waals surface area contributed by atoms with Crippen molar-refractivity contribution in [3.63, 3.8) is 0 Å². The molecule has 1 rings (SSSR count). The number of carboxylic acids is 1. The van der Waals surface area contributed by atoms with Gasteiger partial charge in [-0.2, -0.15) is 16.9 Å². The van der Waals surface area contributed by atoms with Crippen molar-refractivity contribution in [2.75, 3.05) is 12.0 Å². The first kappa shape index (κ1) is 16.6. The van der Waals surface area contributed by atoms with Gasteiger partial charge in [0.2, 0.25) is 5.91 Å². The van der Waals surface area contributed by atoms with Crippen molar-refractivity contribution in [2.45, 2.75) is 39.3 Å². The molecule has 0 saturated carbocycles. The molecule has 1 atom stereocenters. The van der Waals surface area contributed by atoms with Crippen molar-refractivity contribution in [1.29, 1.82) is 0 Å². The molecule has 20 heavy (non-hydrogen) atoms. The van der Waals surface area contributed by atoms with Crippen LogP contribution in [0.5, 0.6) is 0 Å². The number of aryl methyl sites for hydroxylation is 3. The van der Waals surface area contributed by atoms with E-state index in [9.17, 15) is 9.59 Å². The molecule has 1 heterocycles. The summed E-state index contributed by atoms with van der Waals surface area (Å²) in [7, 11) is 0. The Labute approximate surface area is 122 Å². The maximum absolute atomic E-state index is 11.8. The van der Waals surface area contributed by atoms with Gasteiger partial charge in [0.25, 0.3) is 0 Å². The third-order valence-corrected chi connectivity index (χ3v) is 3.54. The Kier molecular flexibility index (Phi) is 6.57. The van der Waals surface area contributed by atoms with Gasteiger partial charge in [0.15, 0.2) is 0 Å². The number of thioether (sulfide) groups is 1. The zero-order valence-electron chi connectivity index (χ0n) is 12.0. The number of rotatable bonds is 8. The summed E-state index contributed by atoms with van der Waals surface area (Å²) in [5, 5.41) is 15.9. The van der Waals surface area contributed by atoms with Crippen molar-refractivity contribution < 1.29 is 14.7 Å². The summed E-state index contributed by atoms with van der Waals surface area (Å²) < 4.78 is 1.76. The van der Waals surface area contributed by atoms with E-state index in [2.05, 4.69) is 10.4 Å². The van der Waals surface area contributed by atoms with Gasteiger partial charge >= 0.3 is 5.97 Å². The molecule has 0 radical (unpaired) electrons. The summed E-state index contributed by atoms with van der Waals surface area (Å²) in [5.41, 5.74) is 1.90. The van der Waals surface area contributed by atoms with Gasteiger partial charge in [-0.25, -0.2) is 4.79 Å². The van der Waals surface area contributed by atoms with Crippen molar-refractivity contribution in [1.82, 2.24) is 15.1 Å². The van der Waals surface area contributed by atoms with Crippen molar-refractivity contribution in [2.24, 2.45) is 0 Å². The molecule has 1 aromatic rings. The molecular weight excluding hydrogens is 278 g/mol. The van der Waals surface area contributed by atoms with E-state index >= 15 is 0 Å². The number of carbonyl (C=O) groups is 2. The van der Waals surface area contributed by atoms with Crippen molar-refractivity contribution in [3.05, 3.63) is 17.5 Å². The monoisotopic (exact) mass is 299 g/mol. The first-order valence-corrected chi connectivity index (χ1v) is 7.85. The predicted molar refractivity (Wildman–Crippen MR) is 78.9 cm³/mol. The molecule has 0 spiro atoms. The van der Waals surface area contributed by atoms with Gasteiger partial charge in [0.05, 0.1) is 5.69 Å². The number of nitrogens with zero attached hydrogens (tertiary/aromatic N) is 2. The molecule has 2 N–H and O–H groups in total. The summed E-state index contributed by atoms with van der Waals surface area (Å²) in [4.78, 5) is 22.8. The molecule has 112 valence electrons. The molecule has 0 aliphatic heterocycles. The average molecular weight is 299 g/mol. The number of carboxylic acid groups (broad SMARTS) is 1. The summed E-state index contributed by atoms with van der Waals surface area (Å²) in [5.74, 6) is -0.543. The fourth-order valence-electron chi connectivity index (χ4n) is 1.87. The normalized spacial score (nSPS) is 12.2. The minimum atomic E-state index is -0.987. The van der Waals surface area contributed by atoms with Crippen LogP contribution in [0.2, 0.25) is 0 Å². The molecule has 0 aromatic carbocycles. The van der Waals surface area contributed by atoms with E-state index in [0.717, 1.165) is 11.4 Å². The summed E-state index contributed by atoms with van der Waals surface area (Å²) in [6.07, 6.45) is 2.57. The van der Waals surface area contributed by atoms with Gasteiger partial charge in [-0.3, -0.25) is 9.48 Å². The molecule has 0 aliphatic rings. The second-order valence-electron chi connectivity index (χ2n) is 4.64. The molecule has 7 heteroatoms. The first-order valence-electron chi connectivity index (χ1n) is 6.46. The maximum atomic E-state index is 11.8. The third-order valence-electron chi connectivity index (χ3n) is 2.90. The fourth-order valence-corrected chi connectivity index (χ4v) is 2.34. The zero-order valence-corrected chi connectivity index (χ0v) is 12.9. The summed E-state index contributed by atoms with van der Waals surface area (Å²) in [6.45, 7) is 4.28. The van der Waals surface area contributed by atoms with E-state index in [4.69, 9.17) is 5.11 Å². The number of carbonyl (C=O) groups excluding carboxylic acids is 1. The van der Waals surface area contributed by atoms with Crippen LogP contribution < -0.4 is 5.32 Å². The van der Waals surface area contributed by atoms with Gasteiger partial charge in [-0.1, -0.05) is 0 Å². The summed E-state index contributed by atoms with van der Waals surface area (Å²) >= 11 is 1.56. The molecule has 1 unspecified atom stereocenters.